The molecule has 4 heterocycles. The van der Waals surface area contributed by atoms with Crippen LogP contribution in [0.5, 0.6) is 0 Å². The molecule has 170 valence electrons. The number of anilines is 3. The van der Waals surface area contributed by atoms with Crippen molar-refractivity contribution in [3.63, 3.8) is 0 Å². The van der Waals surface area contributed by atoms with Gasteiger partial charge in [0.05, 0.1) is 17.4 Å². The minimum atomic E-state index is -0.298. The molecule has 4 aromatic rings. The molecule has 1 saturated heterocycles. The lowest BCUT2D eigenvalue weighted by Gasteiger charge is -2.32. The van der Waals surface area contributed by atoms with Gasteiger partial charge in [0.1, 0.15) is 5.82 Å². The van der Waals surface area contributed by atoms with Crippen LogP contribution in [0.2, 0.25) is 0 Å². The number of H-pyrrole nitrogens is 1. The summed E-state index contributed by atoms with van der Waals surface area (Å²) >= 11 is 0. The van der Waals surface area contributed by atoms with Gasteiger partial charge in [-0.2, -0.15) is 5.10 Å². The molecule has 2 fully saturated rings. The molecule has 3 N–H and O–H groups in total. The van der Waals surface area contributed by atoms with E-state index in [4.69, 9.17) is 0 Å². The molecule has 0 radical (unpaired) electrons. The van der Waals surface area contributed by atoms with E-state index in [1.807, 2.05) is 30.3 Å². The molecule has 0 spiro atoms. The number of amides is 2. The maximum absolute atomic E-state index is 13.1. The predicted octanol–water partition coefficient (Wildman–Crippen LogP) is 3.83. The van der Waals surface area contributed by atoms with E-state index in [9.17, 15) is 9.59 Å². The summed E-state index contributed by atoms with van der Waals surface area (Å²) in [7, 11) is 0. The van der Waals surface area contributed by atoms with Crippen LogP contribution in [-0.2, 0) is 4.79 Å². The van der Waals surface area contributed by atoms with E-state index >= 15 is 0 Å². The second-order valence-corrected chi connectivity index (χ2v) is 8.76. The van der Waals surface area contributed by atoms with Crippen molar-refractivity contribution >= 4 is 39.9 Å². The lowest BCUT2D eigenvalue weighted by molar-refractivity contribution is -0.117. The van der Waals surface area contributed by atoms with Gasteiger partial charge in [-0.05, 0) is 49.1 Å². The topological polar surface area (TPSA) is 116 Å². The second-order valence-electron chi connectivity index (χ2n) is 8.76. The lowest BCUT2D eigenvalue weighted by atomic mass is 10.0. The summed E-state index contributed by atoms with van der Waals surface area (Å²) in [5, 5.41) is 13.8. The van der Waals surface area contributed by atoms with Crippen LogP contribution >= 0.6 is 0 Å². The van der Waals surface area contributed by atoms with Crippen molar-refractivity contribution in [1.82, 2.24) is 20.2 Å². The molecule has 1 saturated carbocycles. The fourth-order valence-electron chi connectivity index (χ4n) is 4.03. The van der Waals surface area contributed by atoms with Crippen molar-refractivity contribution in [3.8, 4) is 11.1 Å². The highest BCUT2D eigenvalue weighted by atomic mass is 16.2. The third-order valence-corrected chi connectivity index (χ3v) is 6.25. The SMILES string of the molecule is O=C(Nc1ccnc(N2CCC2)c1)c1n[nH]c2ccc(-c3cncc(NC(=O)C4CC4)c3)cc12. The quantitative estimate of drug-likeness (QED) is 0.409. The number of rotatable bonds is 6. The van der Waals surface area contributed by atoms with Gasteiger partial charge in [0.25, 0.3) is 5.91 Å². The van der Waals surface area contributed by atoms with Crippen LogP contribution in [0.3, 0.4) is 0 Å². The van der Waals surface area contributed by atoms with Gasteiger partial charge in [-0.3, -0.25) is 19.7 Å². The Labute approximate surface area is 195 Å². The average Bonchev–Trinajstić information content (AvgIpc) is 3.57. The van der Waals surface area contributed by atoms with Crippen molar-refractivity contribution in [1.29, 1.82) is 0 Å². The maximum Gasteiger partial charge on any atom is 0.276 e. The van der Waals surface area contributed by atoms with Crippen molar-refractivity contribution in [2.45, 2.75) is 19.3 Å². The van der Waals surface area contributed by atoms with Gasteiger partial charge in [0, 0.05) is 54.1 Å². The largest absolute Gasteiger partial charge is 0.356 e. The Hall–Kier alpha value is -4.27. The van der Waals surface area contributed by atoms with Crippen LogP contribution in [0.1, 0.15) is 29.8 Å². The average molecular weight is 454 g/mol. The summed E-state index contributed by atoms with van der Waals surface area (Å²) in [6.45, 7) is 1.97. The standard InChI is InChI=1S/C25H23N7O2/c33-24(15-2-3-15)29-19-10-17(13-26-14-19)16-4-5-21-20(11-16)23(31-30-21)25(34)28-18-6-7-27-22(12-18)32-8-1-9-32/h4-7,10-15H,1-3,8-9H2,(H,29,33)(H,30,31)(H,27,28,34). The zero-order chi connectivity index (χ0) is 23.1. The van der Waals surface area contributed by atoms with E-state index in [0.717, 1.165) is 54.8 Å². The molecule has 2 aliphatic rings. The van der Waals surface area contributed by atoms with Gasteiger partial charge in [0.15, 0.2) is 5.69 Å². The summed E-state index contributed by atoms with van der Waals surface area (Å²) in [5.41, 5.74) is 4.13. The molecular formula is C25H23N7O2. The number of fused-ring (bicyclic) bond motifs is 1. The summed E-state index contributed by atoms with van der Waals surface area (Å²) in [5.74, 6) is 0.720. The van der Waals surface area contributed by atoms with Crippen LogP contribution in [-0.4, -0.2) is 45.1 Å². The summed E-state index contributed by atoms with van der Waals surface area (Å²) in [6, 6.07) is 11.3. The zero-order valence-electron chi connectivity index (χ0n) is 18.4. The second kappa shape index (κ2) is 8.26. The van der Waals surface area contributed by atoms with Gasteiger partial charge in [-0.15, -0.1) is 0 Å². The number of hydrogen-bond acceptors (Lipinski definition) is 6. The van der Waals surface area contributed by atoms with Gasteiger partial charge < -0.3 is 15.5 Å². The minimum absolute atomic E-state index is 0.0385. The molecule has 0 unspecified atom stereocenters. The number of aromatic amines is 1. The third-order valence-electron chi connectivity index (χ3n) is 6.25. The highest BCUT2D eigenvalue weighted by Gasteiger charge is 2.29. The summed E-state index contributed by atoms with van der Waals surface area (Å²) in [4.78, 5) is 36.0. The van der Waals surface area contributed by atoms with Crippen LogP contribution in [0.25, 0.3) is 22.0 Å². The molecule has 6 rings (SSSR count). The van der Waals surface area contributed by atoms with E-state index < -0.39 is 0 Å². The number of nitrogens with one attached hydrogen (secondary N) is 3. The first-order valence-corrected chi connectivity index (χ1v) is 11.4. The number of pyridine rings is 2. The molecule has 1 aliphatic heterocycles. The van der Waals surface area contributed by atoms with E-state index in [2.05, 4.69) is 35.7 Å². The molecule has 9 nitrogen and oxygen atoms in total. The molecule has 34 heavy (non-hydrogen) atoms. The Balaban J connectivity index is 1.25. The Morgan fingerprint density at radius 3 is 2.65 bits per heavy atom. The first-order chi connectivity index (χ1) is 16.6. The Morgan fingerprint density at radius 1 is 0.971 bits per heavy atom. The van der Waals surface area contributed by atoms with Crippen molar-refractivity contribution in [3.05, 3.63) is 60.7 Å². The maximum atomic E-state index is 13.1. The van der Waals surface area contributed by atoms with Crippen molar-refractivity contribution in [2.24, 2.45) is 5.92 Å². The third kappa shape index (κ3) is 3.96. The van der Waals surface area contributed by atoms with E-state index in [-0.39, 0.29) is 17.7 Å². The fraction of sp³-hybridized carbons (Fsp3) is 0.240. The van der Waals surface area contributed by atoms with Crippen LogP contribution < -0.4 is 15.5 Å². The molecule has 2 amide bonds. The highest BCUT2D eigenvalue weighted by molar-refractivity contribution is 6.11. The van der Waals surface area contributed by atoms with Gasteiger partial charge in [-0.1, -0.05) is 6.07 Å². The molecular weight excluding hydrogens is 430 g/mol. The molecule has 0 atom stereocenters. The smallest absolute Gasteiger partial charge is 0.276 e. The molecule has 3 aromatic heterocycles. The predicted molar refractivity (Wildman–Crippen MR) is 130 cm³/mol. The Bertz CT molecular complexity index is 1410. The number of carbonyl (C=O) groups excluding carboxylic acids is 2. The van der Waals surface area contributed by atoms with E-state index in [1.54, 1.807) is 24.7 Å². The number of hydrogen-bond donors (Lipinski definition) is 3. The number of benzene rings is 1. The Morgan fingerprint density at radius 2 is 1.85 bits per heavy atom. The molecule has 0 bridgehead atoms. The normalized spacial score (nSPS) is 15.1. The van der Waals surface area contributed by atoms with Crippen LogP contribution in [0.4, 0.5) is 17.2 Å². The van der Waals surface area contributed by atoms with E-state index in [0.29, 0.717) is 22.5 Å². The monoisotopic (exact) mass is 453 g/mol. The zero-order valence-corrected chi connectivity index (χ0v) is 18.4. The van der Waals surface area contributed by atoms with Crippen molar-refractivity contribution in [2.75, 3.05) is 28.6 Å². The minimum Gasteiger partial charge on any atom is -0.356 e. The first-order valence-electron chi connectivity index (χ1n) is 11.4. The number of carbonyl (C=O) groups is 2. The van der Waals surface area contributed by atoms with Crippen LogP contribution in [0, 0.1) is 5.92 Å². The highest BCUT2D eigenvalue weighted by Crippen LogP contribution is 2.31. The van der Waals surface area contributed by atoms with Gasteiger partial charge >= 0.3 is 0 Å². The van der Waals surface area contributed by atoms with Crippen LogP contribution in [0.15, 0.2) is 55.0 Å². The fourth-order valence-corrected chi connectivity index (χ4v) is 4.03. The van der Waals surface area contributed by atoms with Gasteiger partial charge in [-0.25, -0.2) is 4.98 Å². The molecule has 1 aliphatic carbocycles. The molecule has 9 heteroatoms. The number of nitrogens with zero attached hydrogens (tertiary/aromatic N) is 4. The molecule has 1 aromatic carbocycles. The lowest BCUT2D eigenvalue weighted by Crippen LogP contribution is -2.37. The Kier molecular flexibility index (Phi) is 4.94. The summed E-state index contributed by atoms with van der Waals surface area (Å²) in [6.07, 6.45) is 8.13. The first kappa shape index (κ1) is 20.3. The van der Waals surface area contributed by atoms with Crippen molar-refractivity contribution < 1.29 is 9.59 Å². The number of aromatic nitrogens is 4. The van der Waals surface area contributed by atoms with E-state index in [1.165, 1.54) is 0 Å². The van der Waals surface area contributed by atoms with Gasteiger partial charge in [0.2, 0.25) is 5.91 Å². The summed E-state index contributed by atoms with van der Waals surface area (Å²) < 4.78 is 0.